The summed E-state index contributed by atoms with van der Waals surface area (Å²) in [6.45, 7) is 1.99. The monoisotopic (exact) mass is 356 g/mol. The Kier molecular flexibility index (Phi) is 4.63. The van der Waals surface area contributed by atoms with Gasteiger partial charge in [-0.05, 0) is 31.2 Å². The first-order valence-electron chi connectivity index (χ1n) is 9.31. The zero-order valence-electron chi connectivity index (χ0n) is 14.7. The molecule has 2 N–H and O–H groups in total. The molecule has 0 saturated carbocycles. The fraction of sp³-hybridized carbons (Fsp3) is 0.526. The van der Waals surface area contributed by atoms with Gasteiger partial charge in [-0.2, -0.15) is 5.10 Å². The Balaban J connectivity index is 1.49. The van der Waals surface area contributed by atoms with Crippen LogP contribution in [-0.2, 0) is 4.79 Å². The molecule has 2 unspecified atom stereocenters. The first-order valence-corrected chi connectivity index (χ1v) is 9.31. The zero-order valence-corrected chi connectivity index (χ0v) is 14.7. The summed E-state index contributed by atoms with van der Waals surface area (Å²) in [5.41, 5.74) is 1.34. The summed E-state index contributed by atoms with van der Waals surface area (Å²) in [5.74, 6) is 0.437. The van der Waals surface area contributed by atoms with Gasteiger partial charge in [0.2, 0.25) is 5.91 Å². The predicted octanol–water partition coefficient (Wildman–Crippen LogP) is 1.40. The van der Waals surface area contributed by atoms with E-state index >= 15 is 0 Å². The minimum atomic E-state index is -0.0419. The van der Waals surface area contributed by atoms with E-state index in [9.17, 15) is 9.59 Å². The summed E-state index contributed by atoms with van der Waals surface area (Å²) >= 11 is 0. The van der Waals surface area contributed by atoms with Crippen LogP contribution in [0.3, 0.4) is 0 Å². The quantitative estimate of drug-likeness (QED) is 0.866. The van der Waals surface area contributed by atoms with E-state index in [-0.39, 0.29) is 24.5 Å². The number of para-hydroxylation sites is 1. The maximum Gasteiger partial charge on any atom is 0.275 e. The van der Waals surface area contributed by atoms with Crippen LogP contribution in [0.15, 0.2) is 24.3 Å². The molecule has 7 nitrogen and oxygen atoms in total. The number of hydrogen-bond donors (Lipinski definition) is 2. The molecule has 3 heterocycles. The molecule has 138 valence electrons. The number of benzene rings is 1. The first-order chi connectivity index (χ1) is 12.7. The number of aromatic nitrogens is 2. The third kappa shape index (κ3) is 2.96. The maximum absolute atomic E-state index is 13.0. The zero-order chi connectivity index (χ0) is 18.1. The van der Waals surface area contributed by atoms with Crippen LogP contribution in [0.5, 0.6) is 0 Å². The second-order valence-electron chi connectivity index (χ2n) is 7.19. The number of hydrogen-bond acceptors (Lipinski definition) is 4. The van der Waals surface area contributed by atoms with Crippen molar-refractivity contribution >= 4 is 22.7 Å². The number of amides is 2. The lowest BCUT2D eigenvalue weighted by Crippen LogP contribution is -2.57. The number of piperidine rings is 2. The largest absolute Gasteiger partial charge is 0.396 e. The third-order valence-electron chi connectivity index (χ3n) is 5.66. The van der Waals surface area contributed by atoms with Crippen LogP contribution < -0.4 is 0 Å². The average Bonchev–Trinajstić information content (AvgIpc) is 3.10. The SMILES string of the molecule is O=C(c1n[nH]c2ccccc12)N1CCC2C(CCC(=O)N2CCCO)C1. The normalized spacial score (nSPS) is 23.3. The molecule has 0 spiro atoms. The lowest BCUT2D eigenvalue weighted by atomic mass is 9.83. The van der Waals surface area contributed by atoms with Gasteiger partial charge >= 0.3 is 0 Å². The topological polar surface area (TPSA) is 89.5 Å². The van der Waals surface area contributed by atoms with Crippen LogP contribution in [0.2, 0.25) is 0 Å². The van der Waals surface area contributed by atoms with Crippen LogP contribution in [0.1, 0.15) is 36.2 Å². The van der Waals surface area contributed by atoms with Crippen molar-refractivity contribution in [2.24, 2.45) is 5.92 Å². The van der Waals surface area contributed by atoms with Gasteiger partial charge in [0.05, 0.1) is 5.52 Å². The number of fused-ring (bicyclic) bond motifs is 2. The van der Waals surface area contributed by atoms with Crippen LogP contribution in [0, 0.1) is 5.92 Å². The van der Waals surface area contributed by atoms with E-state index in [1.165, 1.54) is 0 Å². The third-order valence-corrected chi connectivity index (χ3v) is 5.66. The van der Waals surface area contributed by atoms with Gasteiger partial charge in [-0.3, -0.25) is 14.7 Å². The molecule has 2 saturated heterocycles. The van der Waals surface area contributed by atoms with Crippen molar-refractivity contribution in [3.63, 3.8) is 0 Å². The Hall–Kier alpha value is -2.41. The molecule has 2 aromatic rings. The summed E-state index contributed by atoms with van der Waals surface area (Å²) in [6, 6.07) is 7.83. The molecular weight excluding hydrogens is 332 g/mol. The van der Waals surface area contributed by atoms with Gasteiger partial charge in [0.25, 0.3) is 5.91 Å². The van der Waals surface area contributed by atoms with Crippen LogP contribution >= 0.6 is 0 Å². The van der Waals surface area contributed by atoms with Gasteiger partial charge in [0, 0.05) is 44.1 Å². The molecule has 0 radical (unpaired) electrons. The minimum Gasteiger partial charge on any atom is -0.396 e. The molecule has 7 heteroatoms. The van der Waals surface area contributed by atoms with Crippen LogP contribution in [-0.4, -0.2) is 69.2 Å². The van der Waals surface area contributed by atoms with E-state index in [4.69, 9.17) is 5.11 Å². The Bertz CT molecular complexity index is 818. The fourth-order valence-electron chi connectivity index (χ4n) is 4.34. The van der Waals surface area contributed by atoms with Crippen LogP contribution in [0.4, 0.5) is 0 Å². The molecule has 1 aromatic heterocycles. The number of aliphatic hydroxyl groups is 1. The Morgan fingerprint density at radius 3 is 3.00 bits per heavy atom. The highest BCUT2D eigenvalue weighted by molar-refractivity contribution is 6.04. The maximum atomic E-state index is 13.0. The molecule has 2 fully saturated rings. The second-order valence-corrected chi connectivity index (χ2v) is 7.19. The van der Waals surface area contributed by atoms with Crippen LogP contribution in [0.25, 0.3) is 10.9 Å². The van der Waals surface area contributed by atoms with Gasteiger partial charge in [-0.15, -0.1) is 0 Å². The summed E-state index contributed by atoms with van der Waals surface area (Å²) in [7, 11) is 0. The second kappa shape index (κ2) is 7.07. The average molecular weight is 356 g/mol. The molecule has 2 amide bonds. The number of aliphatic hydroxyl groups excluding tert-OH is 1. The molecule has 2 aliphatic rings. The Labute approximate surface area is 152 Å². The van der Waals surface area contributed by atoms with Crippen molar-refractivity contribution in [3.05, 3.63) is 30.0 Å². The molecule has 2 aliphatic heterocycles. The predicted molar refractivity (Wildman–Crippen MR) is 96.5 cm³/mol. The highest BCUT2D eigenvalue weighted by Crippen LogP contribution is 2.32. The number of nitrogens with one attached hydrogen (secondary N) is 1. The van der Waals surface area contributed by atoms with E-state index < -0.39 is 0 Å². The molecule has 0 aliphatic carbocycles. The van der Waals surface area contributed by atoms with Gasteiger partial charge in [0.15, 0.2) is 5.69 Å². The van der Waals surface area contributed by atoms with Crippen molar-refractivity contribution in [1.29, 1.82) is 0 Å². The highest BCUT2D eigenvalue weighted by atomic mass is 16.3. The number of likely N-dealkylation sites (tertiary alicyclic amines) is 2. The van der Waals surface area contributed by atoms with Crippen molar-refractivity contribution < 1.29 is 14.7 Å². The Morgan fingerprint density at radius 2 is 2.15 bits per heavy atom. The van der Waals surface area contributed by atoms with Crippen molar-refractivity contribution in [3.8, 4) is 0 Å². The van der Waals surface area contributed by atoms with Gasteiger partial charge < -0.3 is 14.9 Å². The molecule has 1 aromatic carbocycles. The van der Waals surface area contributed by atoms with Crippen molar-refractivity contribution in [2.75, 3.05) is 26.2 Å². The number of nitrogens with zero attached hydrogens (tertiary/aromatic N) is 3. The summed E-state index contributed by atoms with van der Waals surface area (Å²) in [4.78, 5) is 29.1. The van der Waals surface area contributed by atoms with E-state index in [2.05, 4.69) is 10.2 Å². The van der Waals surface area contributed by atoms with E-state index in [1.54, 1.807) is 0 Å². The minimum absolute atomic E-state index is 0.0419. The van der Waals surface area contributed by atoms with Crippen molar-refractivity contribution in [1.82, 2.24) is 20.0 Å². The number of H-pyrrole nitrogens is 1. The summed E-state index contributed by atoms with van der Waals surface area (Å²) < 4.78 is 0. The summed E-state index contributed by atoms with van der Waals surface area (Å²) in [6.07, 6.45) is 2.75. The number of carbonyl (C=O) groups excluding carboxylic acids is 2. The Morgan fingerprint density at radius 1 is 1.31 bits per heavy atom. The first kappa shape index (κ1) is 17.0. The lowest BCUT2D eigenvalue weighted by Gasteiger charge is -2.47. The number of carbonyl (C=O) groups is 2. The van der Waals surface area contributed by atoms with E-state index in [0.717, 1.165) is 23.7 Å². The highest BCUT2D eigenvalue weighted by Gasteiger charge is 2.40. The molecule has 4 rings (SSSR count). The van der Waals surface area contributed by atoms with E-state index in [1.807, 2.05) is 34.1 Å². The lowest BCUT2D eigenvalue weighted by molar-refractivity contribution is -0.140. The molecule has 0 bridgehead atoms. The van der Waals surface area contributed by atoms with Gasteiger partial charge in [0.1, 0.15) is 0 Å². The van der Waals surface area contributed by atoms with Crippen molar-refractivity contribution in [2.45, 2.75) is 31.7 Å². The van der Waals surface area contributed by atoms with Gasteiger partial charge in [-0.1, -0.05) is 18.2 Å². The molecular formula is C19H24N4O3. The molecule has 26 heavy (non-hydrogen) atoms. The van der Waals surface area contributed by atoms with Gasteiger partial charge in [-0.25, -0.2) is 0 Å². The van der Waals surface area contributed by atoms with E-state index in [0.29, 0.717) is 44.1 Å². The summed E-state index contributed by atoms with van der Waals surface area (Å²) in [5, 5.41) is 17.1. The fourth-order valence-corrected chi connectivity index (χ4v) is 4.34. The standard InChI is InChI=1S/C19H24N4O3/c24-11-3-9-23-16-8-10-22(12-13(16)6-7-17(23)25)19(26)18-14-4-1-2-5-15(14)20-21-18/h1-2,4-5,13,16,24H,3,6-12H2,(H,20,21). The smallest absolute Gasteiger partial charge is 0.275 e. The number of aromatic amines is 1. The number of rotatable bonds is 4. The molecule has 2 atom stereocenters.